The molecule has 1 aliphatic carbocycles. The summed E-state index contributed by atoms with van der Waals surface area (Å²) in [6.07, 6.45) is 6.83. The zero-order valence-electron chi connectivity index (χ0n) is 21.4. The van der Waals surface area contributed by atoms with Gasteiger partial charge in [-0.25, -0.2) is 9.78 Å². The van der Waals surface area contributed by atoms with Crippen molar-refractivity contribution in [3.63, 3.8) is 0 Å². The number of amides is 1. The number of nitrogens with zero attached hydrogens (tertiary/aromatic N) is 4. The summed E-state index contributed by atoms with van der Waals surface area (Å²) < 4.78 is 13.2. The first-order valence-electron chi connectivity index (χ1n) is 13.7. The molecule has 5 heterocycles. The van der Waals surface area contributed by atoms with Gasteiger partial charge in [0.25, 0.3) is 0 Å². The van der Waals surface area contributed by atoms with E-state index in [9.17, 15) is 4.79 Å². The number of carbonyl (C=O) groups is 1. The van der Waals surface area contributed by atoms with Gasteiger partial charge in [-0.05, 0) is 56.4 Å². The molecule has 3 N–H and O–H groups in total. The Kier molecular flexibility index (Phi) is 6.64. The molecule has 4 aliphatic rings. The number of anilines is 2. The molecule has 10 nitrogen and oxygen atoms in total. The van der Waals surface area contributed by atoms with Gasteiger partial charge >= 0.3 is 6.09 Å². The summed E-state index contributed by atoms with van der Waals surface area (Å²) in [5, 5.41) is 15.4. The molecule has 0 aromatic carbocycles. The van der Waals surface area contributed by atoms with Crippen LogP contribution in [-0.2, 0) is 9.47 Å². The van der Waals surface area contributed by atoms with E-state index in [0.717, 1.165) is 94.3 Å². The summed E-state index contributed by atoms with van der Waals surface area (Å²) in [6, 6.07) is 2.83. The SMILES string of the molecule is CC(C)c1cnn2c(NC3CC4CN(C(=O)OC5CCNC5)CC4C3)cc(NC3CCOCC3)nc12. The summed E-state index contributed by atoms with van der Waals surface area (Å²) >= 11 is 0. The normalized spacial score (nSPS) is 28.7. The van der Waals surface area contributed by atoms with Crippen molar-refractivity contribution in [3.05, 3.63) is 17.8 Å². The highest BCUT2D eigenvalue weighted by molar-refractivity contribution is 5.68. The van der Waals surface area contributed by atoms with Gasteiger partial charge in [-0.3, -0.25) is 0 Å². The van der Waals surface area contributed by atoms with Crippen LogP contribution in [0.3, 0.4) is 0 Å². The van der Waals surface area contributed by atoms with Crippen molar-refractivity contribution in [1.82, 2.24) is 24.8 Å². The van der Waals surface area contributed by atoms with E-state index in [4.69, 9.17) is 19.6 Å². The first-order chi connectivity index (χ1) is 17.5. The second kappa shape index (κ2) is 10.0. The lowest BCUT2D eigenvalue weighted by Gasteiger charge is -2.25. The van der Waals surface area contributed by atoms with Crippen molar-refractivity contribution >= 4 is 23.4 Å². The molecule has 3 saturated heterocycles. The number of ether oxygens (including phenoxy) is 2. The summed E-state index contributed by atoms with van der Waals surface area (Å²) in [5.41, 5.74) is 2.07. The minimum atomic E-state index is -0.139. The number of hydrogen-bond acceptors (Lipinski definition) is 8. The van der Waals surface area contributed by atoms with E-state index in [1.54, 1.807) is 0 Å². The third-order valence-electron chi connectivity index (χ3n) is 8.34. The number of aromatic nitrogens is 3. The van der Waals surface area contributed by atoms with Crippen LogP contribution in [-0.4, -0.2) is 83.2 Å². The van der Waals surface area contributed by atoms with E-state index in [2.05, 4.69) is 35.9 Å². The van der Waals surface area contributed by atoms with Gasteiger partial charge in [0.05, 0.1) is 6.20 Å². The zero-order chi connectivity index (χ0) is 24.6. The highest BCUT2D eigenvalue weighted by atomic mass is 16.6. The zero-order valence-corrected chi connectivity index (χ0v) is 21.4. The Morgan fingerprint density at radius 3 is 2.61 bits per heavy atom. The molecule has 36 heavy (non-hydrogen) atoms. The lowest BCUT2D eigenvalue weighted by Crippen LogP contribution is -2.34. The number of hydrogen-bond donors (Lipinski definition) is 3. The maximum Gasteiger partial charge on any atom is 0.410 e. The Hall–Kier alpha value is -2.59. The Bertz CT molecular complexity index is 1060. The third-order valence-corrected chi connectivity index (χ3v) is 8.34. The first-order valence-corrected chi connectivity index (χ1v) is 13.7. The van der Waals surface area contributed by atoms with Gasteiger partial charge in [0, 0.05) is 56.6 Å². The summed E-state index contributed by atoms with van der Waals surface area (Å²) in [7, 11) is 0. The molecule has 3 aliphatic heterocycles. The van der Waals surface area contributed by atoms with Crippen LogP contribution in [0.2, 0.25) is 0 Å². The van der Waals surface area contributed by atoms with Crippen LogP contribution < -0.4 is 16.0 Å². The van der Waals surface area contributed by atoms with Crippen LogP contribution in [0.15, 0.2) is 12.3 Å². The van der Waals surface area contributed by atoms with Gasteiger partial charge in [-0.1, -0.05) is 13.8 Å². The van der Waals surface area contributed by atoms with Crippen molar-refractivity contribution in [3.8, 4) is 0 Å². The molecule has 196 valence electrons. The molecule has 4 fully saturated rings. The van der Waals surface area contributed by atoms with Gasteiger partial charge in [0.15, 0.2) is 5.65 Å². The van der Waals surface area contributed by atoms with E-state index in [1.165, 1.54) is 0 Å². The van der Waals surface area contributed by atoms with Gasteiger partial charge in [0.2, 0.25) is 0 Å². The molecule has 1 amide bonds. The number of carbonyl (C=O) groups excluding carboxylic acids is 1. The van der Waals surface area contributed by atoms with Crippen LogP contribution in [0.25, 0.3) is 5.65 Å². The number of nitrogens with one attached hydrogen (secondary N) is 3. The van der Waals surface area contributed by atoms with E-state index in [1.807, 2.05) is 15.6 Å². The van der Waals surface area contributed by atoms with Crippen LogP contribution in [0.1, 0.15) is 57.4 Å². The molecule has 3 atom stereocenters. The number of likely N-dealkylation sites (tertiary alicyclic amines) is 1. The van der Waals surface area contributed by atoms with Crippen molar-refractivity contribution in [2.24, 2.45) is 11.8 Å². The van der Waals surface area contributed by atoms with Crippen LogP contribution in [0, 0.1) is 11.8 Å². The molecular weight excluding hydrogens is 458 g/mol. The lowest BCUT2D eigenvalue weighted by molar-refractivity contribution is 0.0745. The standard InChI is InChI=1S/C26H39N7O3/c1-16(2)22-13-28-33-24(11-23(31-25(22)33)29-19-4-7-35-8-5-19)30-20-9-17-14-32(15-18(17)10-20)26(34)36-21-3-6-27-12-21/h11,13,16-21,27,30H,3-10,12,14-15H2,1-2H3,(H,29,31). The second-order valence-corrected chi connectivity index (χ2v) is 11.3. The third kappa shape index (κ3) is 4.85. The fourth-order valence-electron chi connectivity index (χ4n) is 6.34. The predicted molar refractivity (Wildman–Crippen MR) is 137 cm³/mol. The van der Waals surface area contributed by atoms with Crippen molar-refractivity contribution < 1.29 is 14.3 Å². The monoisotopic (exact) mass is 497 g/mol. The van der Waals surface area contributed by atoms with Gasteiger partial charge in [-0.15, -0.1) is 0 Å². The number of rotatable bonds is 6. The molecule has 1 saturated carbocycles. The van der Waals surface area contributed by atoms with Crippen LogP contribution in [0.4, 0.5) is 16.4 Å². The Balaban J connectivity index is 1.14. The van der Waals surface area contributed by atoms with E-state index < -0.39 is 0 Å². The molecule has 0 radical (unpaired) electrons. The predicted octanol–water partition coefficient (Wildman–Crippen LogP) is 3.06. The molecular formula is C26H39N7O3. The molecule has 0 spiro atoms. The van der Waals surface area contributed by atoms with Crippen molar-refractivity contribution in [2.75, 3.05) is 50.0 Å². The maximum atomic E-state index is 12.6. The van der Waals surface area contributed by atoms with E-state index in [-0.39, 0.29) is 12.2 Å². The molecule has 2 aromatic rings. The molecule has 2 aromatic heterocycles. The lowest BCUT2D eigenvalue weighted by atomic mass is 10.0. The highest BCUT2D eigenvalue weighted by Gasteiger charge is 2.43. The molecule has 0 bridgehead atoms. The summed E-state index contributed by atoms with van der Waals surface area (Å²) in [6.45, 7) is 9.25. The Labute approximate surface area is 212 Å². The smallest absolute Gasteiger partial charge is 0.410 e. The quantitative estimate of drug-likeness (QED) is 0.559. The second-order valence-electron chi connectivity index (χ2n) is 11.3. The van der Waals surface area contributed by atoms with Gasteiger partial charge in [-0.2, -0.15) is 9.61 Å². The van der Waals surface area contributed by atoms with Crippen LogP contribution in [0.5, 0.6) is 0 Å². The van der Waals surface area contributed by atoms with Crippen molar-refractivity contribution in [2.45, 2.75) is 70.1 Å². The summed E-state index contributed by atoms with van der Waals surface area (Å²) in [5.74, 6) is 3.25. The van der Waals surface area contributed by atoms with Crippen molar-refractivity contribution in [1.29, 1.82) is 0 Å². The van der Waals surface area contributed by atoms with Gasteiger partial charge < -0.3 is 30.3 Å². The van der Waals surface area contributed by atoms with Crippen LogP contribution >= 0.6 is 0 Å². The first kappa shape index (κ1) is 23.8. The largest absolute Gasteiger partial charge is 0.445 e. The fraction of sp³-hybridized carbons (Fsp3) is 0.731. The Morgan fingerprint density at radius 1 is 1.14 bits per heavy atom. The maximum absolute atomic E-state index is 12.6. The molecule has 6 rings (SSSR count). The van der Waals surface area contributed by atoms with E-state index >= 15 is 0 Å². The van der Waals surface area contributed by atoms with Gasteiger partial charge in [0.1, 0.15) is 17.7 Å². The molecule has 3 unspecified atom stereocenters. The van der Waals surface area contributed by atoms with E-state index in [0.29, 0.717) is 29.8 Å². The summed E-state index contributed by atoms with van der Waals surface area (Å²) in [4.78, 5) is 19.5. The topological polar surface area (TPSA) is 105 Å². The fourth-order valence-corrected chi connectivity index (χ4v) is 6.34. The minimum Gasteiger partial charge on any atom is -0.445 e. The Morgan fingerprint density at radius 2 is 1.92 bits per heavy atom. The highest BCUT2D eigenvalue weighted by Crippen LogP contribution is 2.40. The minimum absolute atomic E-state index is 0.0233. The molecule has 10 heteroatoms. The average molecular weight is 498 g/mol. The average Bonchev–Trinajstić information content (AvgIpc) is 3.63. The number of fused-ring (bicyclic) bond motifs is 2.